The molecular weight excluding hydrogens is 363 g/mol. The summed E-state index contributed by atoms with van der Waals surface area (Å²) in [6, 6.07) is 3.72. The van der Waals surface area contributed by atoms with Crippen LogP contribution in [0.2, 0.25) is 0 Å². The van der Waals surface area contributed by atoms with Crippen molar-refractivity contribution in [3.05, 3.63) is 47.5 Å². The van der Waals surface area contributed by atoms with E-state index in [2.05, 4.69) is 20.5 Å². The van der Waals surface area contributed by atoms with Crippen LogP contribution in [0.25, 0.3) is 0 Å². The van der Waals surface area contributed by atoms with Crippen LogP contribution in [-0.4, -0.2) is 41.9 Å². The van der Waals surface area contributed by atoms with Crippen molar-refractivity contribution in [2.75, 3.05) is 25.5 Å². The lowest BCUT2D eigenvalue weighted by Crippen LogP contribution is -2.28. The normalized spacial score (nSPS) is 18.9. The van der Waals surface area contributed by atoms with E-state index in [4.69, 9.17) is 0 Å². The summed E-state index contributed by atoms with van der Waals surface area (Å²) in [6.45, 7) is 1.14. The highest BCUT2D eigenvalue weighted by Gasteiger charge is 2.35. The standard InChI is InChI=1S/C17H19FN4O3.ClH/c1-22-9-11(6-20-22)12-7-19-8-13(12)16(23)21-15-5-10(17(24)25-2)3-4-14(15)18;/h3-6,9,12-13,19H,7-8H2,1-2H3,(H,21,23);1H/t12-,13+;/m1./s1. The van der Waals surface area contributed by atoms with Gasteiger partial charge in [0.15, 0.2) is 0 Å². The van der Waals surface area contributed by atoms with Crippen molar-refractivity contribution in [2.45, 2.75) is 5.92 Å². The first-order valence-corrected chi connectivity index (χ1v) is 7.87. The van der Waals surface area contributed by atoms with Gasteiger partial charge < -0.3 is 15.4 Å². The number of carbonyl (C=O) groups excluding carboxylic acids is 2. The summed E-state index contributed by atoms with van der Waals surface area (Å²) in [5.74, 6) is -1.90. The number of hydrogen-bond donors (Lipinski definition) is 2. The van der Waals surface area contributed by atoms with E-state index in [-0.39, 0.29) is 41.4 Å². The Morgan fingerprint density at radius 2 is 2.15 bits per heavy atom. The quantitative estimate of drug-likeness (QED) is 0.786. The average Bonchev–Trinajstić information content (AvgIpc) is 3.24. The highest BCUT2D eigenvalue weighted by molar-refractivity contribution is 5.96. The number of anilines is 1. The number of ether oxygens (including phenoxy) is 1. The Labute approximate surface area is 156 Å². The summed E-state index contributed by atoms with van der Waals surface area (Å²) >= 11 is 0. The molecule has 7 nitrogen and oxygen atoms in total. The van der Waals surface area contributed by atoms with E-state index in [1.54, 1.807) is 10.9 Å². The van der Waals surface area contributed by atoms with Gasteiger partial charge in [-0.15, -0.1) is 12.4 Å². The van der Waals surface area contributed by atoms with Crippen LogP contribution in [0.1, 0.15) is 21.8 Å². The summed E-state index contributed by atoms with van der Waals surface area (Å²) in [5, 5.41) is 9.91. The van der Waals surface area contributed by atoms with Gasteiger partial charge in [-0.1, -0.05) is 0 Å². The lowest BCUT2D eigenvalue weighted by Gasteiger charge is -2.17. The van der Waals surface area contributed by atoms with Gasteiger partial charge in [0.05, 0.1) is 30.5 Å². The molecule has 9 heteroatoms. The van der Waals surface area contributed by atoms with Crippen LogP contribution in [0.4, 0.5) is 10.1 Å². The molecule has 1 aliphatic rings. The number of methoxy groups -OCH3 is 1. The molecule has 2 aromatic rings. The number of esters is 1. The van der Waals surface area contributed by atoms with E-state index < -0.39 is 11.8 Å². The predicted octanol–water partition coefficient (Wildman–Crippen LogP) is 1.71. The number of amides is 1. The molecule has 1 aromatic heterocycles. The van der Waals surface area contributed by atoms with Crippen LogP contribution in [-0.2, 0) is 16.6 Å². The van der Waals surface area contributed by atoms with Gasteiger partial charge in [0.1, 0.15) is 5.82 Å². The van der Waals surface area contributed by atoms with Crippen LogP contribution in [0.15, 0.2) is 30.6 Å². The molecule has 0 unspecified atom stereocenters. The van der Waals surface area contributed by atoms with Gasteiger partial charge in [0.25, 0.3) is 0 Å². The second kappa shape index (κ2) is 8.29. The Morgan fingerprint density at radius 1 is 1.38 bits per heavy atom. The summed E-state index contributed by atoms with van der Waals surface area (Å²) in [7, 11) is 3.06. The van der Waals surface area contributed by atoms with E-state index in [0.717, 1.165) is 11.6 Å². The second-order valence-electron chi connectivity index (χ2n) is 5.99. The Kier molecular flexibility index (Phi) is 6.33. The average molecular weight is 383 g/mol. The van der Waals surface area contributed by atoms with Gasteiger partial charge in [0.2, 0.25) is 5.91 Å². The molecule has 2 N–H and O–H groups in total. The number of halogens is 2. The van der Waals surface area contributed by atoms with E-state index in [1.807, 2.05) is 13.2 Å². The van der Waals surface area contributed by atoms with Gasteiger partial charge in [-0.2, -0.15) is 5.10 Å². The Bertz CT molecular complexity index is 811. The molecule has 1 amide bonds. The van der Waals surface area contributed by atoms with E-state index in [0.29, 0.717) is 13.1 Å². The van der Waals surface area contributed by atoms with Gasteiger partial charge in [-0.25, -0.2) is 9.18 Å². The fourth-order valence-electron chi connectivity index (χ4n) is 3.03. The SMILES string of the molecule is COC(=O)c1ccc(F)c(NC(=O)[C@H]2CNC[C@@H]2c2cnn(C)c2)c1.Cl. The maximum Gasteiger partial charge on any atom is 0.337 e. The summed E-state index contributed by atoms with van der Waals surface area (Å²) in [5.41, 5.74) is 1.09. The van der Waals surface area contributed by atoms with Gasteiger partial charge in [-0.05, 0) is 23.8 Å². The number of rotatable bonds is 4. The van der Waals surface area contributed by atoms with Crippen LogP contribution < -0.4 is 10.6 Å². The van der Waals surface area contributed by atoms with E-state index >= 15 is 0 Å². The fourth-order valence-corrected chi connectivity index (χ4v) is 3.03. The molecule has 1 fully saturated rings. The zero-order valence-electron chi connectivity index (χ0n) is 14.4. The smallest absolute Gasteiger partial charge is 0.337 e. The summed E-state index contributed by atoms with van der Waals surface area (Å²) in [6.07, 6.45) is 3.60. The van der Waals surface area contributed by atoms with Crippen molar-refractivity contribution in [3.63, 3.8) is 0 Å². The van der Waals surface area contributed by atoms with Crippen LogP contribution in [0, 0.1) is 11.7 Å². The molecule has 1 aliphatic heterocycles. The third-order valence-electron chi connectivity index (χ3n) is 4.35. The molecule has 0 radical (unpaired) electrons. The fraction of sp³-hybridized carbons (Fsp3) is 0.353. The number of nitrogens with zero attached hydrogens (tertiary/aromatic N) is 2. The minimum absolute atomic E-state index is 0. The number of benzene rings is 1. The number of carbonyl (C=O) groups is 2. The topological polar surface area (TPSA) is 85.2 Å². The lowest BCUT2D eigenvalue weighted by molar-refractivity contribution is -0.119. The molecule has 0 aliphatic carbocycles. The second-order valence-corrected chi connectivity index (χ2v) is 5.99. The molecule has 0 saturated carbocycles. The highest BCUT2D eigenvalue weighted by Crippen LogP contribution is 2.29. The summed E-state index contributed by atoms with van der Waals surface area (Å²) in [4.78, 5) is 24.2. The largest absolute Gasteiger partial charge is 0.465 e. The lowest BCUT2D eigenvalue weighted by atomic mass is 9.90. The third kappa shape index (κ3) is 4.03. The first kappa shape index (κ1) is 19.9. The van der Waals surface area contributed by atoms with Crippen molar-refractivity contribution < 1.29 is 18.7 Å². The van der Waals surface area contributed by atoms with Crippen molar-refractivity contribution >= 4 is 30.0 Å². The third-order valence-corrected chi connectivity index (χ3v) is 4.35. The van der Waals surface area contributed by atoms with Crippen molar-refractivity contribution in [3.8, 4) is 0 Å². The number of nitrogens with one attached hydrogen (secondary N) is 2. The molecule has 0 bridgehead atoms. The van der Waals surface area contributed by atoms with Gasteiger partial charge in [0, 0.05) is 32.3 Å². The Hall–Kier alpha value is -2.45. The number of hydrogen-bond acceptors (Lipinski definition) is 5. The molecule has 1 aromatic carbocycles. The van der Waals surface area contributed by atoms with Gasteiger partial charge in [-0.3, -0.25) is 9.48 Å². The molecule has 140 valence electrons. The first-order valence-electron chi connectivity index (χ1n) is 7.87. The molecule has 2 heterocycles. The van der Waals surface area contributed by atoms with Crippen LogP contribution in [0.5, 0.6) is 0 Å². The monoisotopic (exact) mass is 382 g/mol. The molecule has 2 atom stereocenters. The van der Waals surface area contributed by atoms with Crippen LogP contribution in [0.3, 0.4) is 0 Å². The predicted molar refractivity (Wildman–Crippen MR) is 95.9 cm³/mol. The van der Waals surface area contributed by atoms with Crippen molar-refractivity contribution in [1.82, 2.24) is 15.1 Å². The zero-order valence-corrected chi connectivity index (χ0v) is 15.2. The van der Waals surface area contributed by atoms with Crippen molar-refractivity contribution in [1.29, 1.82) is 0 Å². The Balaban J connectivity index is 0.00000243. The van der Waals surface area contributed by atoms with Gasteiger partial charge >= 0.3 is 5.97 Å². The molecule has 1 saturated heterocycles. The minimum Gasteiger partial charge on any atom is -0.465 e. The number of aromatic nitrogens is 2. The molecule has 26 heavy (non-hydrogen) atoms. The Morgan fingerprint density at radius 3 is 2.81 bits per heavy atom. The highest BCUT2D eigenvalue weighted by atomic mass is 35.5. The molecule has 0 spiro atoms. The maximum atomic E-state index is 14.0. The van der Waals surface area contributed by atoms with E-state index in [1.165, 1.54) is 19.2 Å². The number of aryl methyl sites for hydroxylation is 1. The zero-order chi connectivity index (χ0) is 18.0. The first-order chi connectivity index (χ1) is 12.0. The maximum absolute atomic E-state index is 14.0. The van der Waals surface area contributed by atoms with Crippen molar-refractivity contribution in [2.24, 2.45) is 13.0 Å². The minimum atomic E-state index is -0.607. The molecule has 3 rings (SSSR count). The van der Waals surface area contributed by atoms with Crippen LogP contribution >= 0.6 is 12.4 Å². The molecular formula is C17H20ClFN4O3. The summed E-state index contributed by atoms with van der Waals surface area (Å²) < 4.78 is 20.3. The van der Waals surface area contributed by atoms with E-state index in [9.17, 15) is 14.0 Å².